The molecule has 0 saturated heterocycles. The van der Waals surface area contributed by atoms with Gasteiger partial charge in [0, 0.05) is 30.9 Å². The summed E-state index contributed by atoms with van der Waals surface area (Å²) in [6.07, 6.45) is 0.634. The molecule has 1 aromatic heterocycles. The van der Waals surface area contributed by atoms with Gasteiger partial charge in [-0.05, 0) is 61.7 Å². The zero-order valence-corrected chi connectivity index (χ0v) is 21.6. The van der Waals surface area contributed by atoms with E-state index in [1.54, 1.807) is 12.1 Å². The van der Waals surface area contributed by atoms with Gasteiger partial charge in [0.15, 0.2) is 0 Å². The lowest BCUT2D eigenvalue weighted by Gasteiger charge is -2.21. The molecule has 0 aliphatic heterocycles. The number of carbonyl (C=O) groups is 1. The molecule has 186 valence electrons. The summed E-state index contributed by atoms with van der Waals surface area (Å²) in [4.78, 5) is 15.1. The SMILES string of the molecule is C[C@@H](NC(=O)c1cc(-c2nnc([C@](C)(N)Cc3ccccc3)s2)cc(N(C)C)c1)c1ccc(F)cc1. The minimum atomic E-state index is -0.679. The standard InChI is InChI=1S/C28H30FN5OS/c1-18(20-10-12-23(29)13-11-20)31-25(35)21-14-22(16-24(15-21)34(3)4)26-32-33-27(36-26)28(2,30)17-19-8-6-5-7-9-19/h5-16,18H,17,30H2,1-4H3,(H,31,35)/t18-,28-/m1/s1. The molecule has 0 unspecified atom stereocenters. The highest BCUT2D eigenvalue weighted by atomic mass is 32.1. The molecule has 3 aromatic carbocycles. The van der Waals surface area contributed by atoms with Crippen LogP contribution in [-0.4, -0.2) is 30.2 Å². The van der Waals surface area contributed by atoms with E-state index >= 15 is 0 Å². The average Bonchev–Trinajstić information content (AvgIpc) is 3.36. The topological polar surface area (TPSA) is 84.1 Å². The van der Waals surface area contributed by atoms with Crippen molar-refractivity contribution in [3.05, 3.63) is 100 Å². The first kappa shape index (κ1) is 25.5. The average molecular weight is 504 g/mol. The second kappa shape index (κ2) is 10.6. The largest absolute Gasteiger partial charge is 0.378 e. The van der Waals surface area contributed by atoms with Crippen LogP contribution in [0.15, 0.2) is 72.8 Å². The zero-order chi connectivity index (χ0) is 25.9. The Morgan fingerprint density at radius 3 is 2.44 bits per heavy atom. The fourth-order valence-electron chi connectivity index (χ4n) is 3.90. The van der Waals surface area contributed by atoms with E-state index < -0.39 is 5.54 Å². The molecule has 0 fully saturated rings. The van der Waals surface area contributed by atoms with Crippen molar-refractivity contribution >= 4 is 22.9 Å². The van der Waals surface area contributed by atoms with E-state index in [0.717, 1.165) is 27.4 Å². The van der Waals surface area contributed by atoms with Gasteiger partial charge >= 0.3 is 0 Å². The normalized spacial score (nSPS) is 13.6. The Morgan fingerprint density at radius 1 is 1.08 bits per heavy atom. The van der Waals surface area contributed by atoms with Crippen molar-refractivity contribution in [2.24, 2.45) is 5.73 Å². The van der Waals surface area contributed by atoms with Crippen LogP contribution in [0.4, 0.5) is 10.1 Å². The Kier molecular flexibility index (Phi) is 7.47. The van der Waals surface area contributed by atoms with E-state index in [4.69, 9.17) is 5.73 Å². The van der Waals surface area contributed by atoms with E-state index in [-0.39, 0.29) is 17.8 Å². The molecule has 3 N–H and O–H groups in total. The van der Waals surface area contributed by atoms with Crippen LogP contribution in [0.25, 0.3) is 10.6 Å². The summed E-state index contributed by atoms with van der Waals surface area (Å²) in [6.45, 7) is 3.82. The monoisotopic (exact) mass is 503 g/mol. The molecule has 0 aliphatic carbocycles. The summed E-state index contributed by atoms with van der Waals surface area (Å²) in [5.74, 6) is -0.538. The lowest BCUT2D eigenvalue weighted by molar-refractivity contribution is 0.0940. The molecule has 4 rings (SSSR count). The number of anilines is 1. The molecule has 0 radical (unpaired) electrons. The molecule has 4 aromatic rings. The number of nitrogens with two attached hydrogens (primary N) is 1. The predicted molar refractivity (Wildman–Crippen MR) is 144 cm³/mol. The number of halogens is 1. The lowest BCUT2D eigenvalue weighted by Crippen LogP contribution is -2.35. The first-order chi connectivity index (χ1) is 17.1. The van der Waals surface area contributed by atoms with Gasteiger partial charge < -0.3 is 16.0 Å². The molecule has 0 spiro atoms. The van der Waals surface area contributed by atoms with Crippen LogP contribution in [0.1, 0.15) is 46.4 Å². The van der Waals surface area contributed by atoms with Crippen molar-refractivity contribution in [1.82, 2.24) is 15.5 Å². The second-order valence-corrected chi connectivity index (χ2v) is 10.4. The number of benzene rings is 3. The van der Waals surface area contributed by atoms with Crippen LogP contribution in [0.3, 0.4) is 0 Å². The third-order valence-electron chi connectivity index (χ3n) is 5.99. The number of aromatic nitrogens is 2. The fourth-order valence-corrected chi connectivity index (χ4v) is 4.79. The first-order valence-electron chi connectivity index (χ1n) is 11.7. The predicted octanol–water partition coefficient (Wildman–Crippen LogP) is 5.32. The fraction of sp³-hybridized carbons (Fsp3) is 0.250. The summed E-state index contributed by atoms with van der Waals surface area (Å²) < 4.78 is 13.3. The van der Waals surface area contributed by atoms with Gasteiger partial charge in [-0.1, -0.05) is 53.8 Å². The Balaban J connectivity index is 1.60. The van der Waals surface area contributed by atoms with Crippen LogP contribution in [0.2, 0.25) is 0 Å². The van der Waals surface area contributed by atoms with E-state index in [1.165, 1.54) is 23.5 Å². The summed E-state index contributed by atoms with van der Waals surface area (Å²) in [7, 11) is 3.84. The highest BCUT2D eigenvalue weighted by Crippen LogP contribution is 2.33. The van der Waals surface area contributed by atoms with Gasteiger partial charge in [-0.15, -0.1) is 10.2 Å². The lowest BCUT2D eigenvalue weighted by atomic mass is 9.95. The van der Waals surface area contributed by atoms with Crippen LogP contribution in [0.5, 0.6) is 0 Å². The third kappa shape index (κ3) is 5.95. The highest BCUT2D eigenvalue weighted by molar-refractivity contribution is 7.14. The van der Waals surface area contributed by atoms with Gasteiger partial charge in [0.2, 0.25) is 0 Å². The Morgan fingerprint density at radius 2 is 1.78 bits per heavy atom. The van der Waals surface area contributed by atoms with E-state index in [0.29, 0.717) is 17.0 Å². The quantitative estimate of drug-likeness (QED) is 0.340. The molecular weight excluding hydrogens is 473 g/mol. The summed E-state index contributed by atoms with van der Waals surface area (Å²) in [5.41, 5.74) is 10.1. The maximum Gasteiger partial charge on any atom is 0.251 e. The minimum Gasteiger partial charge on any atom is -0.378 e. The molecule has 1 amide bonds. The molecule has 2 atom stereocenters. The highest BCUT2D eigenvalue weighted by Gasteiger charge is 2.27. The van der Waals surface area contributed by atoms with Crippen LogP contribution in [0, 0.1) is 5.82 Å². The molecule has 0 aliphatic rings. The maximum absolute atomic E-state index is 13.3. The summed E-state index contributed by atoms with van der Waals surface area (Å²) in [6, 6.07) is 21.5. The third-order valence-corrected chi connectivity index (χ3v) is 7.24. The van der Waals surface area contributed by atoms with Crippen molar-refractivity contribution in [2.45, 2.75) is 31.8 Å². The molecule has 0 saturated carbocycles. The minimum absolute atomic E-state index is 0.228. The van der Waals surface area contributed by atoms with Crippen molar-refractivity contribution in [1.29, 1.82) is 0 Å². The Labute approximate surface area is 215 Å². The Bertz CT molecular complexity index is 1340. The van der Waals surface area contributed by atoms with Gasteiger partial charge in [0.1, 0.15) is 15.8 Å². The number of hydrogen-bond acceptors (Lipinski definition) is 6. The van der Waals surface area contributed by atoms with Crippen LogP contribution < -0.4 is 16.0 Å². The molecule has 8 heteroatoms. The van der Waals surface area contributed by atoms with Crippen molar-refractivity contribution in [3.8, 4) is 10.6 Å². The molecular formula is C28H30FN5OS. The smallest absolute Gasteiger partial charge is 0.251 e. The number of carbonyl (C=O) groups excluding carboxylic acids is 1. The molecule has 6 nitrogen and oxygen atoms in total. The van der Waals surface area contributed by atoms with Gasteiger partial charge in [-0.25, -0.2) is 4.39 Å². The second-order valence-electron chi connectivity index (χ2n) is 9.40. The Hall–Kier alpha value is -3.62. The summed E-state index contributed by atoms with van der Waals surface area (Å²) >= 11 is 1.43. The maximum atomic E-state index is 13.3. The van der Waals surface area contributed by atoms with Gasteiger partial charge in [0.05, 0.1) is 11.6 Å². The summed E-state index contributed by atoms with van der Waals surface area (Å²) in [5, 5.41) is 13.2. The van der Waals surface area contributed by atoms with Crippen molar-refractivity contribution in [3.63, 3.8) is 0 Å². The van der Waals surface area contributed by atoms with E-state index in [2.05, 4.69) is 15.5 Å². The molecule has 1 heterocycles. The van der Waals surface area contributed by atoms with Gasteiger partial charge in [0.25, 0.3) is 5.91 Å². The number of rotatable bonds is 8. The van der Waals surface area contributed by atoms with Crippen LogP contribution in [-0.2, 0) is 12.0 Å². The molecule has 0 bridgehead atoms. The number of hydrogen-bond donors (Lipinski definition) is 2. The van der Waals surface area contributed by atoms with Gasteiger partial charge in [-0.2, -0.15) is 0 Å². The number of nitrogens with zero attached hydrogens (tertiary/aromatic N) is 3. The molecule has 36 heavy (non-hydrogen) atoms. The zero-order valence-electron chi connectivity index (χ0n) is 20.8. The first-order valence-corrected chi connectivity index (χ1v) is 12.5. The van der Waals surface area contributed by atoms with Crippen LogP contribution >= 0.6 is 11.3 Å². The number of nitrogens with one attached hydrogen (secondary N) is 1. The van der Waals surface area contributed by atoms with Gasteiger partial charge in [-0.3, -0.25) is 4.79 Å². The van der Waals surface area contributed by atoms with Crippen molar-refractivity contribution < 1.29 is 9.18 Å². The number of amides is 1. The van der Waals surface area contributed by atoms with E-state index in [1.807, 2.05) is 81.4 Å². The van der Waals surface area contributed by atoms with E-state index in [9.17, 15) is 9.18 Å². The van der Waals surface area contributed by atoms with Crippen molar-refractivity contribution in [2.75, 3.05) is 19.0 Å².